The third-order valence-electron chi connectivity index (χ3n) is 4.66. The van der Waals surface area contributed by atoms with Gasteiger partial charge in [0.1, 0.15) is 11.4 Å². The summed E-state index contributed by atoms with van der Waals surface area (Å²) in [4.78, 5) is 14.6. The normalized spacial score (nSPS) is 12.1. The maximum atomic E-state index is 13.9. The highest BCUT2D eigenvalue weighted by Gasteiger charge is 2.42. The van der Waals surface area contributed by atoms with Crippen LogP contribution >= 0.6 is 11.6 Å². The number of benzene rings is 1. The largest absolute Gasteiger partial charge is 0.431 e. The fraction of sp³-hybridized carbons (Fsp3) is 0.450. The predicted octanol–water partition coefficient (Wildman–Crippen LogP) is 6.20. The number of hydrogen-bond acceptors (Lipinski definition) is 1. The third kappa shape index (κ3) is 4.00. The standard InChI is InChI=1S/C20H24ClF3N2O/c1-11(2)25(6)19(27)17-16(14-7-9-15(21)10-8-14)13(5)18(20(22,23)24)26(17)12(3)4/h7-12H,1-6H3. The predicted molar refractivity (Wildman–Crippen MR) is 102 cm³/mol. The number of halogens is 4. The Morgan fingerprint density at radius 1 is 1.11 bits per heavy atom. The van der Waals surface area contributed by atoms with Crippen molar-refractivity contribution in [3.8, 4) is 11.1 Å². The zero-order chi connectivity index (χ0) is 20.7. The van der Waals surface area contributed by atoms with E-state index in [0.717, 1.165) is 4.57 Å². The molecule has 1 amide bonds. The van der Waals surface area contributed by atoms with Crippen LogP contribution < -0.4 is 0 Å². The molecule has 0 aliphatic carbocycles. The van der Waals surface area contributed by atoms with Crippen LogP contribution in [-0.4, -0.2) is 28.5 Å². The minimum Gasteiger partial charge on any atom is -0.338 e. The van der Waals surface area contributed by atoms with Crippen LogP contribution in [0.1, 0.15) is 55.5 Å². The van der Waals surface area contributed by atoms with Crippen molar-refractivity contribution >= 4 is 17.5 Å². The lowest BCUT2D eigenvalue weighted by molar-refractivity contribution is -0.144. The van der Waals surface area contributed by atoms with E-state index in [9.17, 15) is 18.0 Å². The van der Waals surface area contributed by atoms with Crippen LogP contribution in [0.3, 0.4) is 0 Å². The number of alkyl halides is 3. The van der Waals surface area contributed by atoms with Crippen LogP contribution in [0.5, 0.6) is 0 Å². The molecule has 2 aromatic rings. The minimum absolute atomic E-state index is 0.0408. The highest BCUT2D eigenvalue weighted by Crippen LogP contribution is 2.43. The summed E-state index contributed by atoms with van der Waals surface area (Å²) < 4.78 is 42.8. The monoisotopic (exact) mass is 400 g/mol. The van der Waals surface area contributed by atoms with E-state index < -0.39 is 23.8 Å². The summed E-state index contributed by atoms with van der Waals surface area (Å²) in [6.07, 6.45) is -4.58. The van der Waals surface area contributed by atoms with Gasteiger partial charge in [0.15, 0.2) is 0 Å². The van der Waals surface area contributed by atoms with Crippen LogP contribution in [0.2, 0.25) is 5.02 Å². The summed E-state index contributed by atoms with van der Waals surface area (Å²) in [5.41, 5.74) is 0.128. The number of rotatable bonds is 4. The molecule has 0 atom stereocenters. The molecule has 148 valence electrons. The van der Waals surface area contributed by atoms with Crippen molar-refractivity contribution in [2.45, 2.75) is 52.9 Å². The van der Waals surface area contributed by atoms with Crippen molar-refractivity contribution in [2.24, 2.45) is 0 Å². The Morgan fingerprint density at radius 2 is 1.63 bits per heavy atom. The van der Waals surface area contributed by atoms with Gasteiger partial charge in [0.05, 0.1) is 0 Å². The molecule has 27 heavy (non-hydrogen) atoms. The number of nitrogens with zero attached hydrogens (tertiary/aromatic N) is 2. The van der Waals surface area contributed by atoms with Crippen LogP contribution in [0.15, 0.2) is 24.3 Å². The van der Waals surface area contributed by atoms with Crippen molar-refractivity contribution in [2.75, 3.05) is 7.05 Å². The summed E-state index contributed by atoms with van der Waals surface area (Å²) in [6.45, 7) is 8.34. The fourth-order valence-electron chi connectivity index (χ4n) is 3.16. The highest BCUT2D eigenvalue weighted by atomic mass is 35.5. The molecule has 0 radical (unpaired) electrons. The summed E-state index contributed by atoms with van der Waals surface area (Å²) in [7, 11) is 1.60. The lowest BCUT2D eigenvalue weighted by Crippen LogP contribution is -2.35. The van der Waals surface area contributed by atoms with E-state index in [0.29, 0.717) is 16.1 Å². The quantitative estimate of drug-likeness (QED) is 0.600. The Hall–Kier alpha value is -1.95. The number of aromatic nitrogens is 1. The molecule has 1 aromatic carbocycles. The molecular weight excluding hydrogens is 377 g/mol. The number of amides is 1. The molecular formula is C20H24ClF3N2O. The summed E-state index contributed by atoms with van der Waals surface area (Å²) in [5, 5.41) is 0.475. The van der Waals surface area contributed by atoms with Gasteiger partial charge in [-0.1, -0.05) is 23.7 Å². The summed E-state index contributed by atoms with van der Waals surface area (Å²) in [5.74, 6) is -0.442. The van der Waals surface area contributed by atoms with Gasteiger partial charge in [-0.3, -0.25) is 4.79 Å². The van der Waals surface area contributed by atoms with E-state index in [1.807, 2.05) is 13.8 Å². The molecule has 0 spiro atoms. The SMILES string of the molecule is Cc1c(-c2ccc(Cl)cc2)c(C(=O)N(C)C(C)C)n(C(C)C)c1C(F)(F)F. The third-order valence-corrected chi connectivity index (χ3v) is 4.92. The molecule has 0 bridgehead atoms. The van der Waals surface area contributed by atoms with Gasteiger partial charge in [-0.2, -0.15) is 13.2 Å². The van der Waals surface area contributed by atoms with Crippen molar-refractivity contribution in [1.29, 1.82) is 0 Å². The van der Waals surface area contributed by atoms with Crippen molar-refractivity contribution in [3.63, 3.8) is 0 Å². The first kappa shape index (κ1) is 21.4. The Kier molecular flexibility index (Phi) is 6.00. The smallest absolute Gasteiger partial charge is 0.338 e. The van der Waals surface area contributed by atoms with Crippen molar-refractivity contribution < 1.29 is 18.0 Å². The van der Waals surface area contributed by atoms with E-state index in [4.69, 9.17) is 11.6 Å². The second kappa shape index (κ2) is 7.58. The van der Waals surface area contributed by atoms with E-state index in [-0.39, 0.29) is 17.3 Å². The first-order chi connectivity index (χ1) is 12.4. The molecule has 1 heterocycles. The summed E-state index contributed by atoms with van der Waals surface area (Å²) >= 11 is 5.93. The van der Waals surface area contributed by atoms with Gasteiger partial charge in [0, 0.05) is 29.7 Å². The number of hydrogen-bond donors (Lipinski definition) is 0. The molecule has 0 aliphatic rings. The Balaban J connectivity index is 2.93. The average Bonchev–Trinajstić information content (AvgIpc) is 2.87. The molecule has 3 nitrogen and oxygen atoms in total. The molecule has 0 fully saturated rings. The van der Waals surface area contributed by atoms with E-state index >= 15 is 0 Å². The maximum Gasteiger partial charge on any atom is 0.431 e. The van der Waals surface area contributed by atoms with Crippen LogP contribution in [-0.2, 0) is 6.18 Å². The Morgan fingerprint density at radius 3 is 2.04 bits per heavy atom. The first-order valence-corrected chi connectivity index (χ1v) is 9.10. The molecule has 2 rings (SSSR count). The van der Waals surface area contributed by atoms with Gasteiger partial charge >= 0.3 is 6.18 Å². The van der Waals surface area contributed by atoms with Crippen LogP contribution in [0.25, 0.3) is 11.1 Å². The molecule has 0 aliphatic heterocycles. The highest BCUT2D eigenvalue weighted by molar-refractivity contribution is 6.30. The Labute approximate surface area is 162 Å². The zero-order valence-corrected chi connectivity index (χ0v) is 17.0. The minimum atomic E-state index is -4.58. The van der Waals surface area contributed by atoms with Crippen molar-refractivity contribution in [1.82, 2.24) is 9.47 Å². The van der Waals surface area contributed by atoms with Gasteiger partial charge in [-0.25, -0.2) is 0 Å². The second-order valence-electron chi connectivity index (χ2n) is 7.18. The zero-order valence-electron chi connectivity index (χ0n) is 16.3. The number of carbonyl (C=O) groups is 1. The van der Waals surface area contributed by atoms with Crippen molar-refractivity contribution in [3.05, 3.63) is 46.2 Å². The van der Waals surface area contributed by atoms with E-state index in [2.05, 4.69) is 0 Å². The molecule has 0 unspecified atom stereocenters. The summed E-state index contributed by atoms with van der Waals surface area (Å²) in [6, 6.07) is 5.80. The van der Waals surface area contributed by atoms with Crippen LogP contribution in [0, 0.1) is 6.92 Å². The first-order valence-electron chi connectivity index (χ1n) is 8.73. The average molecular weight is 401 g/mol. The van der Waals surface area contributed by atoms with Gasteiger partial charge in [0.2, 0.25) is 0 Å². The second-order valence-corrected chi connectivity index (χ2v) is 7.61. The molecule has 0 saturated heterocycles. The number of carbonyl (C=O) groups excluding carboxylic acids is 1. The lowest BCUT2D eigenvalue weighted by atomic mass is 10.00. The van der Waals surface area contributed by atoms with Gasteiger partial charge < -0.3 is 9.47 Å². The topological polar surface area (TPSA) is 25.2 Å². The molecule has 0 saturated carbocycles. The maximum absolute atomic E-state index is 13.9. The van der Waals surface area contributed by atoms with Gasteiger partial charge in [-0.05, 0) is 57.9 Å². The molecule has 0 N–H and O–H groups in total. The fourth-order valence-corrected chi connectivity index (χ4v) is 3.28. The lowest BCUT2D eigenvalue weighted by Gasteiger charge is -2.25. The van der Waals surface area contributed by atoms with E-state index in [1.165, 1.54) is 11.8 Å². The van der Waals surface area contributed by atoms with Crippen LogP contribution in [0.4, 0.5) is 13.2 Å². The molecule has 7 heteroatoms. The van der Waals surface area contributed by atoms with E-state index in [1.54, 1.807) is 45.2 Å². The van der Waals surface area contributed by atoms with Gasteiger partial charge in [-0.15, -0.1) is 0 Å². The molecule has 1 aromatic heterocycles. The van der Waals surface area contributed by atoms with Gasteiger partial charge in [0.25, 0.3) is 5.91 Å². The Bertz CT molecular complexity index is 836.